The van der Waals surface area contributed by atoms with Crippen molar-refractivity contribution < 1.29 is 0 Å². The van der Waals surface area contributed by atoms with Crippen molar-refractivity contribution in [1.82, 2.24) is 0 Å². The number of alkyl halides is 8. The molecule has 0 amide bonds. The van der Waals surface area contributed by atoms with Gasteiger partial charge in [-0.1, -0.05) is 92.8 Å². The Morgan fingerprint density at radius 2 is 0.839 bits per heavy atom. The predicted octanol–water partition coefficient (Wildman–Crippen LogP) is 9.57. The Balaban J connectivity index is 1.47. The van der Waals surface area contributed by atoms with Gasteiger partial charge in [0.2, 0.25) is 0 Å². The molecule has 6 aliphatic rings. The van der Waals surface area contributed by atoms with Crippen LogP contribution in [0, 0.1) is 35.5 Å². The van der Waals surface area contributed by atoms with Crippen molar-refractivity contribution in [3.63, 3.8) is 0 Å². The number of halogens is 12. The highest BCUT2D eigenvalue weighted by atomic mass is 35.5. The summed E-state index contributed by atoms with van der Waals surface area (Å²) in [5, 5.41) is 0.876. The quantitative estimate of drug-likeness (QED) is 0.226. The first-order valence-electron chi connectivity index (χ1n) is 9.71. The molecule has 0 N–H and O–H groups in total. The van der Waals surface area contributed by atoms with Gasteiger partial charge >= 0.3 is 0 Å². The molecule has 0 aromatic carbocycles. The van der Waals surface area contributed by atoms with E-state index in [1.165, 1.54) is 0 Å². The van der Waals surface area contributed by atoms with Crippen LogP contribution in [0.3, 0.4) is 0 Å². The third-order valence-corrected chi connectivity index (χ3v) is 17.8. The van der Waals surface area contributed by atoms with Gasteiger partial charge < -0.3 is 0 Å². The minimum atomic E-state index is -1.56. The first-order valence-corrected chi connectivity index (χ1v) is 14.2. The Morgan fingerprint density at radius 3 is 1.35 bits per heavy atom. The Bertz CT molecular complexity index is 982. The van der Waals surface area contributed by atoms with E-state index in [9.17, 15) is 0 Å². The summed E-state index contributed by atoms with van der Waals surface area (Å²) < 4.78 is -3.12. The molecule has 0 heterocycles. The van der Waals surface area contributed by atoms with Crippen LogP contribution < -0.4 is 0 Å². The van der Waals surface area contributed by atoms with Gasteiger partial charge in [-0.05, 0) is 54.8 Å². The second-order valence-corrected chi connectivity index (χ2v) is 16.3. The van der Waals surface area contributed by atoms with Crippen molar-refractivity contribution in [2.24, 2.45) is 35.5 Å². The van der Waals surface area contributed by atoms with Crippen molar-refractivity contribution in [1.29, 1.82) is 0 Å². The largest absolute Gasteiger partial charge is 0.166 e. The first kappa shape index (κ1) is 24.3. The van der Waals surface area contributed by atoms with Gasteiger partial charge in [-0.15, -0.1) is 46.4 Å². The molecule has 0 aromatic rings. The van der Waals surface area contributed by atoms with Crippen LogP contribution in [-0.4, -0.2) is 28.2 Å². The van der Waals surface area contributed by atoms with E-state index in [0.717, 1.165) is 0 Å². The van der Waals surface area contributed by atoms with E-state index in [1.807, 2.05) is 0 Å². The lowest BCUT2D eigenvalue weighted by molar-refractivity contribution is 0.102. The van der Waals surface area contributed by atoms with E-state index in [4.69, 9.17) is 139 Å². The Labute approximate surface area is 240 Å². The highest BCUT2D eigenvalue weighted by Gasteiger charge is 2.87. The molecule has 0 unspecified atom stereocenters. The van der Waals surface area contributed by atoms with E-state index in [0.29, 0.717) is 19.3 Å². The van der Waals surface area contributed by atoms with Crippen LogP contribution in [0.1, 0.15) is 19.3 Å². The molecule has 6 rings (SSSR count). The maximum Gasteiger partial charge on any atom is 0.166 e. The number of rotatable bonds is 0. The lowest BCUT2D eigenvalue weighted by atomic mass is 9.62. The zero-order valence-electron chi connectivity index (χ0n) is 15.1. The number of allylic oxidation sites excluding steroid dienone is 4. The zero-order chi connectivity index (χ0) is 22.9. The third kappa shape index (κ3) is 2.09. The fourth-order valence-corrected chi connectivity index (χ4v) is 14.2. The van der Waals surface area contributed by atoms with Crippen molar-refractivity contribution in [3.05, 3.63) is 20.1 Å². The normalized spacial score (nSPS) is 60.0. The second kappa shape index (κ2) is 6.50. The summed E-state index contributed by atoms with van der Waals surface area (Å²) in [5.41, 5.74) is 0. The van der Waals surface area contributed by atoms with Crippen molar-refractivity contribution in [2.45, 2.75) is 47.4 Å². The van der Waals surface area contributed by atoms with E-state index in [2.05, 4.69) is 0 Å². The van der Waals surface area contributed by atoms with Crippen molar-refractivity contribution >= 4 is 139 Å². The molecule has 10 atom stereocenters. The molecule has 0 aliphatic heterocycles. The van der Waals surface area contributed by atoms with Gasteiger partial charge in [0, 0.05) is 0 Å². The van der Waals surface area contributed by atoms with Gasteiger partial charge in [0.1, 0.15) is 19.5 Å². The summed E-state index contributed by atoms with van der Waals surface area (Å²) in [7, 11) is 0. The zero-order valence-corrected chi connectivity index (χ0v) is 24.2. The van der Waals surface area contributed by atoms with E-state index in [-0.39, 0.29) is 55.6 Å². The van der Waals surface area contributed by atoms with Gasteiger partial charge in [-0.3, -0.25) is 0 Å². The maximum absolute atomic E-state index is 7.15. The lowest BCUT2D eigenvalue weighted by Gasteiger charge is -2.47. The summed E-state index contributed by atoms with van der Waals surface area (Å²) in [6, 6.07) is 0. The van der Waals surface area contributed by atoms with Gasteiger partial charge in [0.15, 0.2) is 8.67 Å². The molecule has 0 spiro atoms. The standard InChI is InChI=1S/C19H12Cl12/c20-10-11(21)15(25)7-3-5-4(1-6(7)14(10,24)18(15,28)29)2-8-9(5)17(27)13(23)12(22)16(8,26)19(17,30)31/h4-9H,1-3H2/t4-,5-,6+,7-,8-,9+,14+,15+,16-,17-/m1/s1. The minimum absolute atomic E-state index is 0.0578. The second-order valence-electron chi connectivity index (χ2n) is 9.73. The monoisotopic (exact) mass is 660 g/mol. The SMILES string of the molecule is ClC1=C(Cl)[C@@]2(Cl)[C@H]3C[C@@H]4C[C@@H]5[C@H]([C@@H]4C[C@H]3[C@@]1(Cl)C2(Cl)Cl)[C@@]1(Cl)C(Cl)=C(Cl)[C@@]5(Cl)C1(Cl)Cl. The van der Waals surface area contributed by atoms with Gasteiger partial charge in [-0.25, -0.2) is 0 Å². The van der Waals surface area contributed by atoms with E-state index < -0.39 is 28.2 Å². The third-order valence-electron chi connectivity index (χ3n) is 9.11. The molecule has 0 nitrogen and oxygen atoms in total. The van der Waals surface area contributed by atoms with E-state index >= 15 is 0 Å². The van der Waals surface area contributed by atoms with Gasteiger partial charge in [0.25, 0.3) is 0 Å². The first-order chi connectivity index (χ1) is 14.1. The van der Waals surface area contributed by atoms with E-state index in [1.54, 1.807) is 0 Å². The molecule has 4 fully saturated rings. The van der Waals surface area contributed by atoms with Crippen LogP contribution in [0.4, 0.5) is 0 Å². The van der Waals surface area contributed by atoms with Crippen molar-refractivity contribution in [2.75, 3.05) is 0 Å². The van der Waals surface area contributed by atoms with Crippen LogP contribution in [0.15, 0.2) is 20.1 Å². The summed E-state index contributed by atoms with van der Waals surface area (Å²) in [4.78, 5) is -5.15. The fourth-order valence-electron chi connectivity index (χ4n) is 7.92. The molecule has 6 aliphatic carbocycles. The van der Waals surface area contributed by atoms with Crippen LogP contribution >= 0.6 is 139 Å². The average molecular weight is 666 g/mol. The minimum Gasteiger partial charge on any atom is -0.109 e. The van der Waals surface area contributed by atoms with Crippen LogP contribution in [0.5, 0.6) is 0 Å². The fraction of sp³-hybridized carbons (Fsp3) is 0.789. The summed E-state index contributed by atoms with van der Waals surface area (Å²) in [6.45, 7) is 0. The van der Waals surface area contributed by atoms with Crippen molar-refractivity contribution in [3.8, 4) is 0 Å². The highest BCUT2D eigenvalue weighted by Crippen LogP contribution is 2.84. The maximum atomic E-state index is 7.15. The van der Waals surface area contributed by atoms with Crippen LogP contribution in [0.2, 0.25) is 0 Å². The molecule has 4 saturated carbocycles. The number of fused-ring (bicyclic) bond motifs is 12. The highest BCUT2D eigenvalue weighted by molar-refractivity contribution is 6.67. The predicted molar refractivity (Wildman–Crippen MR) is 135 cm³/mol. The Kier molecular flexibility index (Phi) is 5.10. The molecule has 0 saturated heterocycles. The molecule has 0 radical (unpaired) electrons. The Morgan fingerprint density at radius 1 is 0.484 bits per heavy atom. The topological polar surface area (TPSA) is 0 Å². The Hall–Kier alpha value is 2.96. The van der Waals surface area contributed by atoms with Crippen LogP contribution in [0.25, 0.3) is 0 Å². The molecular formula is C19H12Cl12. The molecule has 0 aromatic heterocycles. The summed E-state index contributed by atoms with van der Waals surface area (Å²) in [5.74, 6) is -0.486. The lowest BCUT2D eigenvalue weighted by Crippen LogP contribution is -2.49. The average Bonchev–Trinajstić information content (AvgIpc) is 3.25. The summed E-state index contributed by atoms with van der Waals surface area (Å²) >= 11 is 81.9. The molecule has 31 heavy (non-hydrogen) atoms. The number of hydrogen-bond acceptors (Lipinski definition) is 0. The number of hydrogen-bond donors (Lipinski definition) is 0. The summed E-state index contributed by atoms with van der Waals surface area (Å²) in [6.07, 6.45) is 2.02. The van der Waals surface area contributed by atoms with Gasteiger partial charge in [0.05, 0.1) is 20.1 Å². The molecule has 172 valence electrons. The molecule has 12 heteroatoms. The smallest absolute Gasteiger partial charge is 0.109 e. The van der Waals surface area contributed by atoms with Gasteiger partial charge in [-0.2, -0.15) is 0 Å². The molecular weight excluding hydrogens is 654 g/mol. The molecule has 4 bridgehead atoms. The van der Waals surface area contributed by atoms with Crippen LogP contribution in [-0.2, 0) is 0 Å².